The van der Waals surface area contributed by atoms with Crippen LogP contribution in [0, 0.1) is 0 Å². The van der Waals surface area contributed by atoms with Crippen LogP contribution < -0.4 is 5.32 Å². The van der Waals surface area contributed by atoms with Gasteiger partial charge in [-0.05, 0) is 32.8 Å². The molecule has 0 spiro atoms. The van der Waals surface area contributed by atoms with E-state index in [2.05, 4.69) is 41.5 Å². The first kappa shape index (κ1) is 19.5. The molecule has 136 valence electrons. The van der Waals surface area contributed by atoms with Gasteiger partial charge in [0.25, 0.3) is 0 Å². The Kier molecular flexibility index (Phi) is 7.94. The second-order valence-corrected chi connectivity index (χ2v) is 6.97. The van der Waals surface area contributed by atoms with Crippen molar-refractivity contribution in [3.8, 4) is 0 Å². The molecule has 1 heterocycles. The molecule has 7 heteroatoms. The zero-order chi connectivity index (χ0) is 18.1. The molecule has 1 unspecified atom stereocenters. The van der Waals surface area contributed by atoms with Crippen molar-refractivity contribution in [2.75, 3.05) is 18.9 Å². The van der Waals surface area contributed by atoms with E-state index >= 15 is 0 Å². The number of nitrogens with one attached hydrogen (secondary N) is 1. The minimum absolute atomic E-state index is 0.000543. The lowest BCUT2D eigenvalue weighted by molar-refractivity contribution is -0.118. The average molecular weight is 362 g/mol. The van der Waals surface area contributed by atoms with Gasteiger partial charge in [-0.3, -0.25) is 4.79 Å². The Hall–Kier alpha value is -1.86. The normalized spacial score (nSPS) is 12.3. The maximum Gasteiger partial charge on any atom is 0.230 e. The van der Waals surface area contributed by atoms with E-state index in [1.165, 1.54) is 11.8 Å². The Bertz CT molecular complexity index is 646. The van der Waals surface area contributed by atoms with E-state index in [1.54, 1.807) is 6.33 Å². The van der Waals surface area contributed by atoms with Gasteiger partial charge in [0, 0.05) is 19.2 Å². The summed E-state index contributed by atoms with van der Waals surface area (Å²) in [5, 5.41) is 11.6. The van der Waals surface area contributed by atoms with Gasteiger partial charge in [-0.25, -0.2) is 0 Å². The minimum Gasteiger partial charge on any atom is -0.374 e. The van der Waals surface area contributed by atoms with Crippen LogP contribution in [0.2, 0.25) is 0 Å². The standard InChI is InChI=1S/C18H26N4O2S/c1-14(2)22-13-20-21-18(22)25-12-17(23)19-10-7-11-24-15(3)16-8-5-4-6-9-16/h4-6,8-9,13-15H,7,10-12H2,1-3H3,(H,19,23). The number of thioether (sulfide) groups is 1. The van der Waals surface area contributed by atoms with Gasteiger partial charge in [-0.2, -0.15) is 0 Å². The number of carbonyl (C=O) groups is 1. The van der Waals surface area contributed by atoms with Crippen LogP contribution in [0.25, 0.3) is 0 Å². The number of ether oxygens (including phenoxy) is 1. The summed E-state index contributed by atoms with van der Waals surface area (Å²) in [5.74, 6) is 0.339. The van der Waals surface area contributed by atoms with Gasteiger partial charge in [-0.15, -0.1) is 10.2 Å². The van der Waals surface area contributed by atoms with Crippen molar-refractivity contribution in [2.24, 2.45) is 0 Å². The third-order valence-corrected chi connectivity index (χ3v) is 4.67. The Morgan fingerprint density at radius 3 is 2.76 bits per heavy atom. The highest BCUT2D eigenvalue weighted by molar-refractivity contribution is 7.99. The molecule has 0 bridgehead atoms. The SMILES string of the molecule is CC(OCCCNC(=O)CSc1nncn1C(C)C)c1ccccc1. The highest BCUT2D eigenvalue weighted by atomic mass is 32.2. The Morgan fingerprint density at radius 2 is 2.04 bits per heavy atom. The first-order chi connectivity index (χ1) is 12.1. The van der Waals surface area contributed by atoms with Crippen molar-refractivity contribution in [3.05, 3.63) is 42.2 Å². The maximum atomic E-state index is 11.9. The fourth-order valence-electron chi connectivity index (χ4n) is 2.25. The van der Waals surface area contributed by atoms with E-state index in [-0.39, 0.29) is 18.1 Å². The number of carbonyl (C=O) groups excluding carboxylic acids is 1. The molecule has 1 amide bonds. The number of nitrogens with zero attached hydrogens (tertiary/aromatic N) is 3. The maximum absolute atomic E-state index is 11.9. The molecule has 6 nitrogen and oxygen atoms in total. The van der Waals surface area contributed by atoms with Crippen LogP contribution in [-0.2, 0) is 9.53 Å². The predicted octanol–water partition coefficient (Wildman–Crippen LogP) is 3.24. The largest absolute Gasteiger partial charge is 0.374 e. The van der Waals surface area contributed by atoms with Crippen LogP contribution in [0.15, 0.2) is 41.8 Å². The van der Waals surface area contributed by atoms with Gasteiger partial charge >= 0.3 is 0 Å². The van der Waals surface area contributed by atoms with Crippen LogP contribution in [0.4, 0.5) is 0 Å². The van der Waals surface area contributed by atoms with Crippen LogP contribution >= 0.6 is 11.8 Å². The summed E-state index contributed by atoms with van der Waals surface area (Å²) in [4.78, 5) is 11.9. The summed E-state index contributed by atoms with van der Waals surface area (Å²) in [6.45, 7) is 7.38. The molecule has 1 N–H and O–H groups in total. The molecule has 0 saturated heterocycles. The Morgan fingerprint density at radius 1 is 1.28 bits per heavy atom. The van der Waals surface area contributed by atoms with E-state index in [9.17, 15) is 4.79 Å². The third-order valence-electron chi connectivity index (χ3n) is 3.71. The van der Waals surface area contributed by atoms with Crippen molar-refractivity contribution in [1.29, 1.82) is 0 Å². The summed E-state index contributed by atoms with van der Waals surface area (Å²) in [7, 11) is 0. The molecule has 0 aliphatic rings. The molecule has 1 aromatic carbocycles. The molecule has 2 rings (SSSR count). The summed E-state index contributed by atoms with van der Waals surface area (Å²) in [6.07, 6.45) is 2.54. The molecule has 0 fully saturated rings. The van der Waals surface area contributed by atoms with Gasteiger partial charge in [0.2, 0.25) is 5.91 Å². The smallest absolute Gasteiger partial charge is 0.230 e. The fourth-order valence-corrected chi connectivity index (χ4v) is 3.13. The van der Waals surface area contributed by atoms with Gasteiger partial charge in [-0.1, -0.05) is 42.1 Å². The lowest BCUT2D eigenvalue weighted by Gasteiger charge is -2.13. The third kappa shape index (κ3) is 6.51. The van der Waals surface area contributed by atoms with Gasteiger partial charge in [0.05, 0.1) is 11.9 Å². The Labute approximate surface area is 153 Å². The van der Waals surface area contributed by atoms with Gasteiger partial charge in [0.15, 0.2) is 5.16 Å². The number of benzene rings is 1. The first-order valence-corrected chi connectivity index (χ1v) is 9.52. The quantitative estimate of drug-likeness (QED) is 0.519. The zero-order valence-electron chi connectivity index (χ0n) is 15.0. The summed E-state index contributed by atoms with van der Waals surface area (Å²) in [5.41, 5.74) is 1.16. The molecular formula is C18H26N4O2S. The number of rotatable bonds is 10. The average Bonchev–Trinajstić information content (AvgIpc) is 3.09. The highest BCUT2D eigenvalue weighted by Crippen LogP contribution is 2.18. The van der Waals surface area contributed by atoms with E-state index in [0.29, 0.717) is 18.9 Å². The van der Waals surface area contributed by atoms with Gasteiger partial charge in [0.1, 0.15) is 6.33 Å². The van der Waals surface area contributed by atoms with E-state index in [4.69, 9.17) is 4.74 Å². The molecule has 1 aromatic heterocycles. The van der Waals surface area contributed by atoms with Crippen LogP contribution in [0.5, 0.6) is 0 Å². The number of aromatic nitrogens is 3. The summed E-state index contributed by atoms with van der Waals surface area (Å²) < 4.78 is 7.75. The van der Waals surface area contributed by atoms with E-state index < -0.39 is 0 Å². The minimum atomic E-state index is -0.000543. The lowest BCUT2D eigenvalue weighted by Crippen LogP contribution is -2.27. The lowest BCUT2D eigenvalue weighted by atomic mass is 10.1. The zero-order valence-corrected chi connectivity index (χ0v) is 15.8. The first-order valence-electron chi connectivity index (χ1n) is 8.53. The topological polar surface area (TPSA) is 69.0 Å². The van der Waals surface area contributed by atoms with E-state index in [1.807, 2.05) is 29.7 Å². The number of amides is 1. The molecule has 0 saturated carbocycles. The second-order valence-electron chi connectivity index (χ2n) is 6.03. The van der Waals surface area contributed by atoms with Gasteiger partial charge < -0.3 is 14.6 Å². The fraction of sp³-hybridized carbons (Fsp3) is 0.500. The molecular weight excluding hydrogens is 336 g/mol. The van der Waals surface area contributed by atoms with Crippen LogP contribution in [0.3, 0.4) is 0 Å². The molecule has 0 aliphatic carbocycles. The van der Waals surface area contributed by atoms with Crippen molar-refractivity contribution in [2.45, 2.75) is 44.5 Å². The van der Waals surface area contributed by atoms with Crippen molar-refractivity contribution < 1.29 is 9.53 Å². The van der Waals surface area contributed by atoms with Crippen molar-refractivity contribution in [3.63, 3.8) is 0 Å². The van der Waals surface area contributed by atoms with Crippen LogP contribution in [-0.4, -0.2) is 39.6 Å². The van der Waals surface area contributed by atoms with Crippen LogP contribution in [0.1, 0.15) is 44.9 Å². The summed E-state index contributed by atoms with van der Waals surface area (Å²) in [6, 6.07) is 10.4. The monoisotopic (exact) mass is 362 g/mol. The second kappa shape index (κ2) is 10.2. The summed E-state index contributed by atoms with van der Waals surface area (Å²) >= 11 is 1.40. The molecule has 2 aromatic rings. The predicted molar refractivity (Wildman–Crippen MR) is 99.6 cm³/mol. The molecule has 0 radical (unpaired) electrons. The van der Waals surface area contributed by atoms with Crippen molar-refractivity contribution >= 4 is 17.7 Å². The molecule has 1 atom stereocenters. The highest BCUT2D eigenvalue weighted by Gasteiger charge is 2.10. The molecule has 25 heavy (non-hydrogen) atoms. The number of hydrogen-bond donors (Lipinski definition) is 1. The van der Waals surface area contributed by atoms with Crippen molar-refractivity contribution in [1.82, 2.24) is 20.1 Å². The molecule has 0 aliphatic heterocycles. The number of hydrogen-bond acceptors (Lipinski definition) is 5. The Balaban J connectivity index is 1.59. The van der Waals surface area contributed by atoms with E-state index in [0.717, 1.165) is 17.1 Å².